The van der Waals surface area contributed by atoms with Gasteiger partial charge in [0.15, 0.2) is 0 Å². The van der Waals surface area contributed by atoms with Crippen molar-refractivity contribution in [2.24, 2.45) is 5.16 Å². The zero-order chi connectivity index (χ0) is 9.61. The lowest BCUT2D eigenvalue weighted by molar-refractivity contribution is 0.153. The summed E-state index contributed by atoms with van der Waals surface area (Å²) in [5, 5.41) is 5.81. The van der Waals surface area contributed by atoms with Gasteiger partial charge in [0.05, 0.1) is 6.21 Å². The quantitative estimate of drug-likeness (QED) is 0.319. The van der Waals surface area contributed by atoms with Crippen molar-refractivity contribution >= 4 is 24.1 Å². The van der Waals surface area contributed by atoms with Crippen LogP contribution < -0.4 is 5.32 Å². The summed E-state index contributed by atoms with van der Waals surface area (Å²) in [4.78, 5) is 15.0. The van der Waals surface area contributed by atoms with Gasteiger partial charge in [0, 0.05) is 11.8 Å². The molecule has 0 saturated heterocycles. The van der Waals surface area contributed by atoms with E-state index in [0.29, 0.717) is 0 Å². The Morgan fingerprint density at radius 2 is 2.25 bits per heavy atom. The predicted octanol–water partition coefficient (Wildman–Crippen LogP) is 1.47. The standard InChI is InChI=1S/C7H14N2O2S/c1-7(2,12-4)5-9-11-6(10)8-3/h5H,1-4H3,(H,8,10)/b9-5+/i1+1,2+1,3+1. The largest absolute Gasteiger partial charge is 0.433 e. The lowest BCUT2D eigenvalue weighted by Crippen LogP contribution is -2.19. The molecule has 0 heterocycles. The molecular formula is C7H14N2O2S. The highest BCUT2D eigenvalue weighted by Gasteiger charge is 2.12. The summed E-state index contributed by atoms with van der Waals surface area (Å²) in [5.74, 6) is 0. The van der Waals surface area contributed by atoms with Gasteiger partial charge in [-0.15, -0.1) is 0 Å². The van der Waals surface area contributed by atoms with Crippen molar-refractivity contribution in [2.75, 3.05) is 13.3 Å². The van der Waals surface area contributed by atoms with Crippen molar-refractivity contribution in [1.82, 2.24) is 5.32 Å². The monoisotopic (exact) mass is 193 g/mol. The number of nitrogens with one attached hydrogen (secondary N) is 1. The maximum Gasteiger partial charge on any atom is 0.433 e. The van der Waals surface area contributed by atoms with Crippen LogP contribution in [0.2, 0.25) is 0 Å². The Balaban J connectivity index is 3.83. The number of nitrogens with zero attached hydrogens (tertiary/aromatic N) is 1. The van der Waals surface area contributed by atoms with E-state index in [1.807, 2.05) is 20.1 Å². The van der Waals surface area contributed by atoms with E-state index in [4.69, 9.17) is 0 Å². The third kappa shape index (κ3) is 5.01. The highest BCUT2D eigenvalue weighted by Crippen LogP contribution is 2.17. The number of amides is 1. The fraction of sp³-hybridized carbons (Fsp3) is 0.714. The van der Waals surface area contributed by atoms with E-state index in [-0.39, 0.29) is 4.75 Å². The summed E-state index contributed by atoms with van der Waals surface area (Å²) in [6.07, 6.45) is 3.00. The van der Waals surface area contributed by atoms with Gasteiger partial charge in [-0.2, -0.15) is 11.8 Å². The molecule has 0 spiro atoms. The maximum absolute atomic E-state index is 10.5. The molecule has 70 valence electrons. The number of hydrogen-bond acceptors (Lipinski definition) is 4. The predicted molar refractivity (Wildman–Crippen MR) is 51.6 cm³/mol. The van der Waals surface area contributed by atoms with Gasteiger partial charge in [0.2, 0.25) is 0 Å². The molecule has 0 atom stereocenters. The third-order valence-corrected chi connectivity index (χ3v) is 2.39. The Morgan fingerprint density at radius 1 is 1.67 bits per heavy atom. The molecule has 5 heteroatoms. The molecule has 4 nitrogen and oxygen atoms in total. The molecule has 0 aromatic rings. The number of carbonyl (C=O) groups is 1. The molecule has 0 bridgehead atoms. The molecule has 1 N–H and O–H groups in total. The van der Waals surface area contributed by atoms with E-state index in [9.17, 15) is 4.79 Å². The van der Waals surface area contributed by atoms with Crippen molar-refractivity contribution in [3.8, 4) is 0 Å². The summed E-state index contributed by atoms with van der Waals surface area (Å²) in [5.41, 5.74) is 0. The van der Waals surface area contributed by atoms with Crippen molar-refractivity contribution in [2.45, 2.75) is 18.6 Å². The van der Waals surface area contributed by atoms with Crippen LogP contribution in [0, 0.1) is 0 Å². The fourth-order valence-electron chi connectivity index (χ4n) is 0.299. The Kier molecular flexibility index (Phi) is 4.73. The SMILES string of the molecule is CSC([13CH3])([13CH3])/C=N/OC(=O)N[13CH3]. The first-order valence-electron chi connectivity index (χ1n) is 3.50. The highest BCUT2D eigenvalue weighted by atomic mass is 32.2. The number of rotatable bonds is 3. The second-order valence-corrected chi connectivity index (χ2v) is 4.13. The Bertz CT molecular complexity index is 180. The average molecular weight is 193 g/mol. The molecule has 0 unspecified atom stereocenters. The normalized spacial score (nSPS) is 11.7. The Labute approximate surface area is 76.7 Å². The summed E-state index contributed by atoms with van der Waals surface area (Å²) in [6, 6.07) is 0. The van der Waals surface area contributed by atoms with Gasteiger partial charge in [-0.1, -0.05) is 5.16 Å². The first kappa shape index (κ1) is 11.3. The molecule has 0 aliphatic heterocycles. The molecule has 0 aliphatic carbocycles. The molecule has 0 aromatic carbocycles. The maximum atomic E-state index is 10.5. The first-order chi connectivity index (χ1) is 5.52. The number of oxime groups is 1. The van der Waals surface area contributed by atoms with Gasteiger partial charge < -0.3 is 5.32 Å². The van der Waals surface area contributed by atoms with E-state index in [2.05, 4.69) is 15.3 Å². The first-order valence-corrected chi connectivity index (χ1v) is 4.72. The summed E-state index contributed by atoms with van der Waals surface area (Å²) in [7, 11) is 1.48. The van der Waals surface area contributed by atoms with Crippen LogP contribution in [0.15, 0.2) is 5.16 Å². The second kappa shape index (κ2) is 5.03. The van der Waals surface area contributed by atoms with Gasteiger partial charge in [-0.3, -0.25) is 4.84 Å². The van der Waals surface area contributed by atoms with E-state index < -0.39 is 6.09 Å². The number of carbonyl (C=O) groups excluding carboxylic acids is 1. The van der Waals surface area contributed by atoms with Crippen LogP contribution >= 0.6 is 11.8 Å². The average Bonchev–Trinajstić information content (AvgIpc) is 2.04. The fourth-order valence-corrected chi connectivity index (χ4v) is 0.448. The topological polar surface area (TPSA) is 50.7 Å². The lowest BCUT2D eigenvalue weighted by Gasteiger charge is -2.13. The summed E-state index contributed by atoms with van der Waals surface area (Å²) >= 11 is 1.63. The molecule has 0 aliphatic rings. The van der Waals surface area contributed by atoms with Crippen LogP contribution in [-0.2, 0) is 4.84 Å². The van der Waals surface area contributed by atoms with Crippen molar-refractivity contribution in [3.63, 3.8) is 0 Å². The molecule has 12 heavy (non-hydrogen) atoms. The molecule has 1 amide bonds. The lowest BCUT2D eigenvalue weighted by atomic mass is 10.5. The zero-order valence-corrected chi connectivity index (χ0v) is 8.57. The van der Waals surface area contributed by atoms with Crippen LogP contribution in [-0.4, -0.2) is 30.4 Å². The van der Waals surface area contributed by atoms with E-state index in [1.165, 1.54) is 7.05 Å². The van der Waals surface area contributed by atoms with Crippen LogP contribution in [0.1, 0.15) is 13.8 Å². The molecule has 0 rings (SSSR count). The van der Waals surface area contributed by atoms with Gasteiger partial charge in [-0.25, -0.2) is 4.79 Å². The van der Waals surface area contributed by atoms with E-state index in [1.54, 1.807) is 18.0 Å². The van der Waals surface area contributed by atoms with Crippen LogP contribution in [0.25, 0.3) is 0 Å². The van der Waals surface area contributed by atoms with Gasteiger partial charge >= 0.3 is 6.09 Å². The number of thioether (sulfide) groups is 1. The molecular weight excluding hydrogens is 179 g/mol. The minimum absolute atomic E-state index is 0.103. The minimum atomic E-state index is -0.553. The second-order valence-electron chi connectivity index (χ2n) is 2.67. The van der Waals surface area contributed by atoms with Gasteiger partial charge in [-0.05, 0) is 20.1 Å². The van der Waals surface area contributed by atoms with Gasteiger partial charge in [0.25, 0.3) is 0 Å². The Hall–Kier alpha value is -0.710. The number of hydrogen-bond donors (Lipinski definition) is 1. The van der Waals surface area contributed by atoms with Crippen molar-refractivity contribution < 1.29 is 9.63 Å². The van der Waals surface area contributed by atoms with E-state index in [0.717, 1.165) is 0 Å². The zero-order valence-electron chi connectivity index (χ0n) is 7.75. The molecule has 0 radical (unpaired) electrons. The smallest absolute Gasteiger partial charge is 0.323 e. The summed E-state index contributed by atoms with van der Waals surface area (Å²) < 4.78 is -0.103. The van der Waals surface area contributed by atoms with Crippen molar-refractivity contribution in [3.05, 3.63) is 0 Å². The van der Waals surface area contributed by atoms with Crippen molar-refractivity contribution in [1.29, 1.82) is 0 Å². The third-order valence-electron chi connectivity index (χ3n) is 1.23. The molecule has 0 saturated carbocycles. The minimum Gasteiger partial charge on any atom is -0.323 e. The molecule has 0 fully saturated rings. The Morgan fingerprint density at radius 3 is 2.67 bits per heavy atom. The van der Waals surface area contributed by atoms with Crippen LogP contribution in [0.5, 0.6) is 0 Å². The van der Waals surface area contributed by atoms with Crippen LogP contribution in [0.4, 0.5) is 4.79 Å². The summed E-state index contributed by atoms with van der Waals surface area (Å²) in [6.45, 7) is 3.96. The van der Waals surface area contributed by atoms with Gasteiger partial charge in [0.1, 0.15) is 0 Å². The van der Waals surface area contributed by atoms with Crippen LogP contribution in [0.3, 0.4) is 0 Å². The molecule has 0 aromatic heterocycles. The van der Waals surface area contributed by atoms with E-state index >= 15 is 0 Å². The highest BCUT2D eigenvalue weighted by molar-refractivity contribution is 8.00.